The van der Waals surface area contributed by atoms with Gasteiger partial charge in [-0.3, -0.25) is 4.99 Å². The Morgan fingerprint density at radius 2 is 2.15 bits per heavy atom. The number of aliphatic imine (C=N–C) groups is 1. The molecule has 2 aromatic heterocycles. The minimum Gasteiger partial charge on any atom is -0.394 e. The van der Waals surface area contributed by atoms with Gasteiger partial charge in [-0.25, -0.2) is 14.1 Å². The number of alkyl halides is 2. The van der Waals surface area contributed by atoms with E-state index in [2.05, 4.69) is 10.1 Å². The normalized spacial score (nSPS) is 22.8. The molecular formula is C21H18ClF3N6OS. The number of hydrogen-bond acceptors (Lipinski definition) is 7. The van der Waals surface area contributed by atoms with E-state index in [9.17, 15) is 18.3 Å². The zero-order valence-corrected chi connectivity index (χ0v) is 18.6. The van der Waals surface area contributed by atoms with Gasteiger partial charge in [-0.1, -0.05) is 17.7 Å². The molecule has 7 nitrogen and oxygen atoms in total. The average Bonchev–Trinajstić information content (AvgIpc) is 3.52. The smallest absolute Gasteiger partial charge is 0.333 e. The minimum atomic E-state index is -2.82. The monoisotopic (exact) mass is 494 g/mol. The van der Waals surface area contributed by atoms with Crippen LogP contribution >= 0.6 is 22.9 Å². The third-order valence-corrected chi connectivity index (χ3v) is 6.79. The molecule has 0 radical (unpaired) electrons. The number of aliphatic hydroxyl groups excluding tert-OH is 1. The highest BCUT2D eigenvalue weighted by Crippen LogP contribution is 2.47. The van der Waals surface area contributed by atoms with Gasteiger partial charge in [-0.05, 0) is 18.2 Å². The maximum absolute atomic E-state index is 13.8. The van der Waals surface area contributed by atoms with Gasteiger partial charge in [0, 0.05) is 52.6 Å². The van der Waals surface area contributed by atoms with Crippen LogP contribution in [0, 0.1) is 5.82 Å². The summed E-state index contributed by atoms with van der Waals surface area (Å²) in [5, 5.41) is 16.6. The predicted octanol–water partition coefficient (Wildman–Crippen LogP) is 3.84. The summed E-state index contributed by atoms with van der Waals surface area (Å²) in [6, 6.07) is 4.66. The van der Waals surface area contributed by atoms with Crippen LogP contribution in [0.5, 0.6) is 0 Å². The molecule has 0 aliphatic carbocycles. The van der Waals surface area contributed by atoms with E-state index in [4.69, 9.17) is 22.3 Å². The zero-order chi connectivity index (χ0) is 23.3. The Hall–Kier alpha value is -2.73. The molecule has 12 heteroatoms. The van der Waals surface area contributed by atoms with Crippen molar-refractivity contribution >= 4 is 34.3 Å². The summed E-state index contributed by atoms with van der Waals surface area (Å²) in [6.07, 6.45) is 3.07. The SMILES string of the molecule is N[C@]1(CO)CC2=C(c3ccn(C(F)F)n3)[C@H](c3ccc(F)cc3Cl)N=C(c3nccs3)N2C1. The van der Waals surface area contributed by atoms with E-state index in [0.29, 0.717) is 32.4 Å². The van der Waals surface area contributed by atoms with Crippen molar-refractivity contribution in [3.05, 3.63) is 74.8 Å². The highest BCUT2D eigenvalue weighted by molar-refractivity contribution is 7.11. The molecule has 33 heavy (non-hydrogen) atoms. The Bertz CT molecular complexity index is 1260. The molecule has 3 aromatic rings. The van der Waals surface area contributed by atoms with Gasteiger partial charge in [-0.2, -0.15) is 13.9 Å². The molecule has 1 aromatic carbocycles. The Morgan fingerprint density at radius 1 is 1.33 bits per heavy atom. The van der Waals surface area contributed by atoms with Crippen molar-refractivity contribution < 1.29 is 18.3 Å². The van der Waals surface area contributed by atoms with Crippen LogP contribution in [0.25, 0.3) is 5.57 Å². The van der Waals surface area contributed by atoms with Crippen molar-refractivity contribution in [1.82, 2.24) is 19.7 Å². The van der Waals surface area contributed by atoms with E-state index >= 15 is 0 Å². The van der Waals surface area contributed by atoms with Crippen LogP contribution < -0.4 is 5.73 Å². The molecule has 2 aliphatic heterocycles. The van der Waals surface area contributed by atoms with Crippen LogP contribution in [0.3, 0.4) is 0 Å². The number of fused-ring (bicyclic) bond motifs is 1. The molecule has 2 aliphatic rings. The van der Waals surface area contributed by atoms with Gasteiger partial charge in [-0.15, -0.1) is 11.3 Å². The van der Waals surface area contributed by atoms with Crippen molar-refractivity contribution in [2.24, 2.45) is 10.7 Å². The number of aromatic nitrogens is 3. The Kier molecular flexibility index (Phi) is 5.52. The van der Waals surface area contributed by atoms with Crippen LogP contribution in [0.2, 0.25) is 5.02 Å². The van der Waals surface area contributed by atoms with E-state index in [1.807, 2.05) is 4.90 Å². The molecule has 172 valence electrons. The van der Waals surface area contributed by atoms with E-state index in [1.54, 1.807) is 11.6 Å². The second kappa shape index (κ2) is 8.24. The number of benzene rings is 1. The second-order valence-electron chi connectivity index (χ2n) is 7.96. The molecule has 1 fully saturated rings. The number of halogens is 4. The Labute approximate surface area is 195 Å². The summed E-state index contributed by atoms with van der Waals surface area (Å²) in [4.78, 5) is 11.1. The second-order valence-corrected chi connectivity index (χ2v) is 9.26. The minimum absolute atomic E-state index is 0.140. The summed E-state index contributed by atoms with van der Waals surface area (Å²) in [5.41, 5.74) is 7.41. The third-order valence-electron chi connectivity index (χ3n) is 5.69. The number of hydrogen-bond donors (Lipinski definition) is 2. The molecule has 0 unspecified atom stereocenters. The number of aliphatic hydroxyl groups is 1. The lowest BCUT2D eigenvalue weighted by Crippen LogP contribution is -2.47. The van der Waals surface area contributed by atoms with E-state index in [1.165, 1.54) is 41.8 Å². The van der Waals surface area contributed by atoms with Crippen molar-refractivity contribution in [2.75, 3.05) is 13.2 Å². The number of rotatable bonds is 5. The summed E-state index contributed by atoms with van der Waals surface area (Å²) in [5.74, 6) is 0.00632. The summed E-state index contributed by atoms with van der Waals surface area (Å²) < 4.78 is 40.9. The predicted molar refractivity (Wildman–Crippen MR) is 119 cm³/mol. The first-order valence-corrected chi connectivity index (χ1v) is 11.2. The number of amidine groups is 1. The van der Waals surface area contributed by atoms with Gasteiger partial charge >= 0.3 is 6.55 Å². The van der Waals surface area contributed by atoms with Gasteiger partial charge in [0.1, 0.15) is 11.9 Å². The first-order chi connectivity index (χ1) is 15.8. The van der Waals surface area contributed by atoms with Gasteiger partial charge in [0.05, 0.1) is 17.8 Å². The summed E-state index contributed by atoms with van der Waals surface area (Å²) in [7, 11) is 0. The van der Waals surface area contributed by atoms with Crippen molar-refractivity contribution in [3.63, 3.8) is 0 Å². The third kappa shape index (κ3) is 3.84. The lowest BCUT2D eigenvalue weighted by Gasteiger charge is -2.32. The lowest BCUT2D eigenvalue weighted by atomic mass is 9.90. The van der Waals surface area contributed by atoms with Crippen LogP contribution in [0.15, 0.2) is 52.7 Å². The van der Waals surface area contributed by atoms with Gasteiger partial charge in [0.25, 0.3) is 0 Å². The summed E-state index contributed by atoms with van der Waals surface area (Å²) in [6.45, 7) is -2.86. The van der Waals surface area contributed by atoms with E-state index < -0.39 is 23.9 Å². The standard InChI is InChI=1S/C21H18ClF3N6OS/c22-13-7-11(23)1-2-12(13)17-16(14-3-5-31(29-14)20(24)25)15-8-21(26,10-32)9-30(15)18(28-17)19-27-4-6-33-19/h1-7,17,20,32H,8-10,26H2/t17-,21+/m0/s1. The molecule has 5 rings (SSSR count). The maximum Gasteiger partial charge on any atom is 0.333 e. The zero-order valence-electron chi connectivity index (χ0n) is 17.0. The average molecular weight is 495 g/mol. The fraction of sp³-hybridized carbons (Fsp3) is 0.286. The largest absolute Gasteiger partial charge is 0.394 e. The van der Waals surface area contributed by atoms with Crippen LogP contribution in [0.4, 0.5) is 13.2 Å². The lowest BCUT2D eigenvalue weighted by molar-refractivity contribution is 0.0564. The molecule has 3 N–H and O–H groups in total. The fourth-order valence-corrected chi connectivity index (χ4v) is 5.10. The first kappa shape index (κ1) is 22.1. The number of thiazole rings is 1. The van der Waals surface area contributed by atoms with E-state index in [0.717, 1.165) is 0 Å². The number of nitrogens with two attached hydrogens (primary N) is 1. The van der Waals surface area contributed by atoms with Gasteiger partial charge < -0.3 is 15.7 Å². The van der Waals surface area contributed by atoms with Crippen molar-refractivity contribution in [3.8, 4) is 0 Å². The van der Waals surface area contributed by atoms with Crippen LogP contribution in [-0.2, 0) is 0 Å². The molecule has 0 amide bonds. The summed E-state index contributed by atoms with van der Waals surface area (Å²) >= 11 is 7.78. The highest BCUT2D eigenvalue weighted by Gasteiger charge is 2.46. The number of nitrogens with zero attached hydrogens (tertiary/aromatic N) is 5. The Morgan fingerprint density at radius 3 is 2.79 bits per heavy atom. The van der Waals surface area contributed by atoms with Gasteiger partial charge in [0.2, 0.25) is 0 Å². The fourth-order valence-electron chi connectivity index (χ4n) is 4.19. The Balaban J connectivity index is 1.76. The molecule has 2 atom stereocenters. The molecule has 0 spiro atoms. The van der Waals surface area contributed by atoms with E-state index in [-0.39, 0.29) is 30.3 Å². The van der Waals surface area contributed by atoms with Crippen molar-refractivity contribution in [2.45, 2.75) is 24.6 Å². The molecule has 0 saturated carbocycles. The van der Waals surface area contributed by atoms with Crippen LogP contribution in [-0.4, -0.2) is 49.3 Å². The maximum atomic E-state index is 13.8. The molecular weight excluding hydrogens is 477 g/mol. The van der Waals surface area contributed by atoms with Gasteiger partial charge in [0.15, 0.2) is 10.8 Å². The molecule has 0 bridgehead atoms. The molecule has 4 heterocycles. The van der Waals surface area contributed by atoms with Crippen molar-refractivity contribution in [1.29, 1.82) is 0 Å². The topological polar surface area (TPSA) is 92.6 Å². The molecule has 1 saturated heterocycles. The highest BCUT2D eigenvalue weighted by atomic mass is 35.5. The van der Waals surface area contributed by atoms with Crippen LogP contribution in [0.1, 0.15) is 35.3 Å². The first-order valence-electron chi connectivity index (χ1n) is 9.96. The quantitative estimate of drug-likeness (QED) is 0.562.